The number of carbonyl (C=O) groups is 1. The Kier molecular flexibility index (Phi) is 4.77. The standard InChI is InChI=1S/C14H15ClN4O3/c1-7(16-8(2)20)12-14(21)17-13(19-18-12)9-4-5-11(22-3)10(15)6-9/h4-7H,1-3H3,(H,16,20)(H,17,19,21). The van der Waals surface area contributed by atoms with E-state index in [1.165, 1.54) is 14.0 Å². The van der Waals surface area contributed by atoms with Gasteiger partial charge in [0.15, 0.2) is 11.5 Å². The van der Waals surface area contributed by atoms with Crippen molar-refractivity contribution in [2.24, 2.45) is 0 Å². The number of nitrogens with zero attached hydrogens (tertiary/aromatic N) is 2. The smallest absolute Gasteiger partial charge is 0.275 e. The highest BCUT2D eigenvalue weighted by molar-refractivity contribution is 6.32. The van der Waals surface area contributed by atoms with E-state index in [4.69, 9.17) is 16.3 Å². The van der Waals surface area contributed by atoms with E-state index in [2.05, 4.69) is 20.5 Å². The molecule has 0 bridgehead atoms. The number of aromatic nitrogens is 3. The van der Waals surface area contributed by atoms with Crippen LogP contribution in [0.3, 0.4) is 0 Å². The zero-order valence-electron chi connectivity index (χ0n) is 12.3. The van der Waals surface area contributed by atoms with E-state index < -0.39 is 11.6 Å². The average Bonchev–Trinajstić information content (AvgIpc) is 2.46. The molecule has 1 unspecified atom stereocenters. The normalized spacial score (nSPS) is 11.8. The fourth-order valence-corrected chi connectivity index (χ4v) is 2.20. The third kappa shape index (κ3) is 3.43. The number of aromatic amines is 1. The van der Waals surface area contributed by atoms with Gasteiger partial charge < -0.3 is 15.0 Å². The maximum Gasteiger partial charge on any atom is 0.275 e. The molecule has 0 saturated heterocycles. The summed E-state index contributed by atoms with van der Waals surface area (Å²) in [5.41, 5.74) is 0.325. The summed E-state index contributed by atoms with van der Waals surface area (Å²) in [6.07, 6.45) is 0. The van der Waals surface area contributed by atoms with Crippen molar-refractivity contribution in [3.63, 3.8) is 0 Å². The van der Waals surface area contributed by atoms with Crippen LogP contribution >= 0.6 is 11.6 Å². The quantitative estimate of drug-likeness (QED) is 0.892. The van der Waals surface area contributed by atoms with Crippen molar-refractivity contribution < 1.29 is 9.53 Å². The Hall–Kier alpha value is -2.41. The average molecular weight is 323 g/mol. The van der Waals surface area contributed by atoms with Crippen molar-refractivity contribution in [1.82, 2.24) is 20.5 Å². The Bertz CT molecular complexity index is 760. The largest absolute Gasteiger partial charge is 0.495 e. The molecular formula is C14H15ClN4O3. The van der Waals surface area contributed by atoms with E-state index in [0.29, 0.717) is 16.3 Å². The summed E-state index contributed by atoms with van der Waals surface area (Å²) >= 11 is 6.05. The van der Waals surface area contributed by atoms with Crippen molar-refractivity contribution in [3.05, 3.63) is 39.3 Å². The predicted molar refractivity (Wildman–Crippen MR) is 81.9 cm³/mol. The highest BCUT2D eigenvalue weighted by Crippen LogP contribution is 2.28. The van der Waals surface area contributed by atoms with Crippen LogP contribution in [-0.4, -0.2) is 28.2 Å². The van der Waals surface area contributed by atoms with Gasteiger partial charge in [0.2, 0.25) is 5.91 Å². The van der Waals surface area contributed by atoms with Gasteiger partial charge in [0.25, 0.3) is 5.56 Å². The first-order chi connectivity index (χ1) is 10.4. The first kappa shape index (κ1) is 16.0. The summed E-state index contributed by atoms with van der Waals surface area (Å²) in [4.78, 5) is 25.7. The van der Waals surface area contributed by atoms with E-state index in [1.807, 2.05) is 0 Å². The number of hydrogen-bond acceptors (Lipinski definition) is 5. The molecule has 0 aliphatic carbocycles. The zero-order chi connectivity index (χ0) is 16.3. The second-order valence-corrected chi connectivity index (χ2v) is 5.07. The summed E-state index contributed by atoms with van der Waals surface area (Å²) in [7, 11) is 1.51. The number of rotatable bonds is 4. The highest BCUT2D eigenvalue weighted by atomic mass is 35.5. The third-order valence-electron chi connectivity index (χ3n) is 2.98. The van der Waals surface area contributed by atoms with Gasteiger partial charge in [-0.25, -0.2) is 0 Å². The van der Waals surface area contributed by atoms with Gasteiger partial charge in [0, 0.05) is 12.5 Å². The minimum absolute atomic E-state index is 0.138. The van der Waals surface area contributed by atoms with Crippen molar-refractivity contribution in [1.29, 1.82) is 0 Å². The highest BCUT2D eigenvalue weighted by Gasteiger charge is 2.15. The Labute approximate surface area is 131 Å². The van der Waals surface area contributed by atoms with Crippen molar-refractivity contribution >= 4 is 17.5 Å². The Morgan fingerprint density at radius 3 is 2.68 bits per heavy atom. The molecule has 0 saturated carbocycles. The lowest BCUT2D eigenvalue weighted by Gasteiger charge is -2.10. The van der Waals surface area contributed by atoms with Crippen molar-refractivity contribution in [2.45, 2.75) is 19.9 Å². The van der Waals surface area contributed by atoms with Crippen LogP contribution < -0.4 is 15.6 Å². The van der Waals surface area contributed by atoms with Crippen LogP contribution in [0.25, 0.3) is 11.4 Å². The Morgan fingerprint density at radius 2 is 2.14 bits per heavy atom. The molecule has 0 radical (unpaired) electrons. The molecule has 0 aliphatic heterocycles. The molecule has 1 aromatic heterocycles. The second-order valence-electron chi connectivity index (χ2n) is 4.66. The van der Waals surface area contributed by atoms with Gasteiger partial charge in [0.1, 0.15) is 5.75 Å². The van der Waals surface area contributed by atoms with Gasteiger partial charge in [-0.15, -0.1) is 10.2 Å². The predicted octanol–water partition coefficient (Wildman–Crippen LogP) is 1.69. The zero-order valence-corrected chi connectivity index (χ0v) is 13.1. The maximum atomic E-state index is 12.1. The summed E-state index contributed by atoms with van der Waals surface area (Å²) < 4.78 is 5.07. The molecule has 2 aromatic rings. The summed E-state index contributed by atoms with van der Waals surface area (Å²) in [6, 6.07) is 4.48. The van der Waals surface area contributed by atoms with Crippen LogP contribution in [0.5, 0.6) is 5.75 Å². The summed E-state index contributed by atoms with van der Waals surface area (Å²) in [6.45, 7) is 3.02. The topological polar surface area (TPSA) is 97.0 Å². The van der Waals surface area contributed by atoms with Crippen LogP contribution in [0.4, 0.5) is 0 Å². The van der Waals surface area contributed by atoms with E-state index in [1.54, 1.807) is 25.1 Å². The summed E-state index contributed by atoms with van der Waals surface area (Å²) in [5, 5.41) is 10.9. The number of hydrogen-bond donors (Lipinski definition) is 2. The van der Waals surface area contributed by atoms with Crippen LogP contribution in [0.1, 0.15) is 25.6 Å². The minimum atomic E-state index is -0.526. The van der Waals surface area contributed by atoms with Gasteiger partial charge in [-0.3, -0.25) is 9.59 Å². The van der Waals surface area contributed by atoms with Gasteiger partial charge >= 0.3 is 0 Å². The van der Waals surface area contributed by atoms with Crippen LogP contribution in [-0.2, 0) is 4.79 Å². The lowest BCUT2D eigenvalue weighted by Crippen LogP contribution is -2.30. The van der Waals surface area contributed by atoms with Gasteiger partial charge in [0.05, 0.1) is 18.2 Å². The SMILES string of the molecule is COc1ccc(-c2nnc(C(C)NC(C)=O)c(=O)[nH]2)cc1Cl. The number of halogens is 1. The molecule has 0 spiro atoms. The Morgan fingerprint density at radius 1 is 1.41 bits per heavy atom. The molecular weight excluding hydrogens is 308 g/mol. The monoisotopic (exact) mass is 322 g/mol. The van der Waals surface area contributed by atoms with Crippen molar-refractivity contribution in [2.75, 3.05) is 7.11 Å². The fourth-order valence-electron chi connectivity index (χ4n) is 1.95. The van der Waals surface area contributed by atoms with Crippen LogP contribution in [0, 0.1) is 0 Å². The van der Waals surface area contributed by atoms with E-state index >= 15 is 0 Å². The fraction of sp³-hybridized carbons (Fsp3) is 0.286. The third-order valence-corrected chi connectivity index (χ3v) is 3.27. The lowest BCUT2D eigenvalue weighted by molar-refractivity contribution is -0.119. The molecule has 0 fully saturated rings. The molecule has 1 amide bonds. The van der Waals surface area contributed by atoms with Gasteiger partial charge in [-0.1, -0.05) is 11.6 Å². The summed E-state index contributed by atoms with van der Waals surface area (Å²) in [5.74, 6) is 0.560. The molecule has 2 N–H and O–H groups in total. The molecule has 8 heteroatoms. The van der Waals surface area contributed by atoms with Gasteiger partial charge in [-0.2, -0.15) is 0 Å². The first-order valence-corrected chi connectivity index (χ1v) is 6.88. The molecule has 2 rings (SSSR count). The number of nitrogens with one attached hydrogen (secondary N) is 2. The first-order valence-electron chi connectivity index (χ1n) is 6.50. The number of H-pyrrole nitrogens is 1. The molecule has 0 aliphatic rings. The van der Waals surface area contributed by atoms with Gasteiger partial charge in [-0.05, 0) is 25.1 Å². The lowest BCUT2D eigenvalue weighted by atomic mass is 10.2. The molecule has 1 heterocycles. The molecule has 1 aromatic carbocycles. The minimum Gasteiger partial charge on any atom is -0.495 e. The molecule has 7 nitrogen and oxygen atoms in total. The molecule has 1 atom stereocenters. The number of methoxy groups -OCH3 is 1. The number of ether oxygens (including phenoxy) is 1. The number of benzene rings is 1. The van der Waals surface area contributed by atoms with Crippen molar-refractivity contribution in [3.8, 4) is 17.1 Å². The molecule has 22 heavy (non-hydrogen) atoms. The maximum absolute atomic E-state index is 12.1. The second kappa shape index (κ2) is 6.57. The van der Waals surface area contributed by atoms with E-state index in [0.717, 1.165) is 0 Å². The Balaban J connectivity index is 2.35. The van der Waals surface area contributed by atoms with Crippen LogP contribution in [0.15, 0.2) is 23.0 Å². The van der Waals surface area contributed by atoms with E-state index in [9.17, 15) is 9.59 Å². The molecule has 116 valence electrons. The van der Waals surface area contributed by atoms with Crippen LogP contribution in [0.2, 0.25) is 5.02 Å². The number of carbonyl (C=O) groups excluding carboxylic acids is 1. The van der Waals surface area contributed by atoms with E-state index in [-0.39, 0.29) is 17.4 Å². The number of amides is 1.